The Hall–Kier alpha value is -0.900. The van der Waals surface area contributed by atoms with E-state index < -0.39 is 11.9 Å². The number of ketones is 1. The van der Waals surface area contributed by atoms with Gasteiger partial charge in [0.05, 0.1) is 5.92 Å². The Balaban J connectivity index is 4.04. The van der Waals surface area contributed by atoms with Gasteiger partial charge in [-0.1, -0.05) is 13.8 Å². The second kappa shape index (κ2) is 6.54. The number of carbonyl (C=O) groups excluding carboxylic acids is 1. The second-order valence-electron chi connectivity index (χ2n) is 3.76. The van der Waals surface area contributed by atoms with Crippen molar-refractivity contribution in [3.8, 4) is 0 Å². The minimum absolute atomic E-state index is 0.0227. The molecule has 0 rings (SSSR count). The van der Waals surface area contributed by atoms with Gasteiger partial charge in [0.25, 0.3) is 0 Å². The average molecular weight is 202 g/mol. The predicted octanol–water partition coefficient (Wildman–Crippen LogP) is 1.07. The molecule has 0 spiro atoms. The number of aliphatic hydroxyl groups is 1. The fourth-order valence-corrected chi connectivity index (χ4v) is 1.23. The first-order valence-corrected chi connectivity index (χ1v) is 4.84. The number of hydrogen-bond donors (Lipinski definition) is 2. The zero-order valence-electron chi connectivity index (χ0n) is 8.69. The van der Waals surface area contributed by atoms with Crippen LogP contribution >= 0.6 is 0 Å². The smallest absolute Gasteiger partial charge is 0.307 e. The van der Waals surface area contributed by atoms with Crippen molar-refractivity contribution in [1.29, 1.82) is 0 Å². The molecule has 14 heavy (non-hydrogen) atoms. The largest absolute Gasteiger partial charge is 0.481 e. The molecule has 0 heterocycles. The molecule has 4 heteroatoms. The Labute approximate surface area is 83.9 Å². The standard InChI is InChI=1S/C10H18O4/c1-7(2)9(10(13)14)6-8(12)4-3-5-11/h7,9,11H,3-6H2,1-2H3,(H,13,14). The summed E-state index contributed by atoms with van der Waals surface area (Å²) in [5.41, 5.74) is 0. The molecular formula is C10H18O4. The molecule has 82 valence electrons. The molecule has 0 saturated carbocycles. The van der Waals surface area contributed by atoms with Crippen molar-refractivity contribution in [3.05, 3.63) is 0 Å². The van der Waals surface area contributed by atoms with Crippen molar-refractivity contribution < 1.29 is 19.8 Å². The Bertz CT molecular complexity index is 198. The highest BCUT2D eigenvalue weighted by molar-refractivity contribution is 5.83. The van der Waals surface area contributed by atoms with Gasteiger partial charge < -0.3 is 10.2 Å². The van der Waals surface area contributed by atoms with Crippen molar-refractivity contribution in [2.24, 2.45) is 11.8 Å². The van der Waals surface area contributed by atoms with Crippen LogP contribution < -0.4 is 0 Å². The van der Waals surface area contributed by atoms with Crippen molar-refractivity contribution in [1.82, 2.24) is 0 Å². The molecule has 0 aliphatic heterocycles. The summed E-state index contributed by atoms with van der Waals surface area (Å²) in [4.78, 5) is 22.0. The SMILES string of the molecule is CC(C)C(CC(=O)CCCO)C(=O)O. The number of carboxylic acids is 1. The van der Waals surface area contributed by atoms with Gasteiger partial charge in [-0.25, -0.2) is 0 Å². The van der Waals surface area contributed by atoms with Crippen LogP contribution in [0.4, 0.5) is 0 Å². The van der Waals surface area contributed by atoms with Gasteiger partial charge in [0.2, 0.25) is 0 Å². The molecule has 1 atom stereocenters. The highest BCUT2D eigenvalue weighted by Crippen LogP contribution is 2.16. The number of aliphatic carboxylic acids is 1. The van der Waals surface area contributed by atoms with Crippen LogP contribution in [0.3, 0.4) is 0 Å². The maximum Gasteiger partial charge on any atom is 0.307 e. The van der Waals surface area contributed by atoms with Crippen molar-refractivity contribution in [2.75, 3.05) is 6.61 Å². The van der Waals surface area contributed by atoms with E-state index in [1.54, 1.807) is 13.8 Å². The Morgan fingerprint density at radius 2 is 1.86 bits per heavy atom. The van der Waals surface area contributed by atoms with Gasteiger partial charge in [-0.15, -0.1) is 0 Å². The van der Waals surface area contributed by atoms with Crippen molar-refractivity contribution in [2.45, 2.75) is 33.1 Å². The highest BCUT2D eigenvalue weighted by Gasteiger charge is 2.23. The van der Waals surface area contributed by atoms with Crippen LogP contribution in [0.1, 0.15) is 33.1 Å². The second-order valence-corrected chi connectivity index (χ2v) is 3.76. The summed E-state index contributed by atoms with van der Waals surface area (Å²) < 4.78 is 0. The fraction of sp³-hybridized carbons (Fsp3) is 0.800. The van der Waals surface area contributed by atoms with E-state index in [0.717, 1.165) is 0 Å². The normalized spacial score (nSPS) is 12.9. The summed E-state index contributed by atoms with van der Waals surface area (Å²) in [5, 5.41) is 17.3. The van der Waals surface area contributed by atoms with Gasteiger partial charge in [0, 0.05) is 19.4 Å². The quantitative estimate of drug-likeness (QED) is 0.647. The predicted molar refractivity (Wildman–Crippen MR) is 51.9 cm³/mol. The summed E-state index contributed by atoms with van der Waals surface area (Å²) in [6.45, 7) is 3.56. The number of aliphatic hydroxyl groups excluding tert-OH is 1. The monoisotopic (exact) mass is 202 g/mol. The van der Waals surface area contributed by atoms with Gasteiger partial charge >= 0.3 is 5.97 Å². The first-order valence-electron chi connectivity index (χ1n) is 4.84. The van der Waals surface area contributed by atoms with E-state index in [1.165, 1.54) is 0 Å². The van der Waals surface area contributed by atoms with Gasteiger partial charge in [-0.05, 0) is 12.3 Å². The molecule has 4 nitrogen and oxygen atoms in total. The summed E-state index contributed by atoms with van der Waals surface area (Å²) >= 11 is 0. The minimum Gasteiger partial charge on any atom is -0.481 e. The third-order valence-electron chi connectivity index (χ3n) is 2.18. The van der Waals surface area contributed by atoms with Crippen LogP contribution in [0, 0.1) is 11.8 Å². The maximum absolute atomic E-state index is 11.2. The molecule has 1 unspecified atom stereocenters. The molecule has 0 radical (unpaired) electrons. The van der Waals surface area contributed by atoms with Gasteiger partial charge in [-0.2, -0.15) is 0 Å². The lowest BCUT2D eigenvalue weighted by Crippen LogP contribution is -2.23. The van der Waals surface area contributed by atoms with E-state index in [2.05, 4.69) is 0 Å². The Morgan fingerprint density at radius 3 is 2.21 bits per heavy atom. The third kappa shape index (κ3) is 4.97. The third-order valence-corrected chi connectivity index (χ3v) is 2.18. The first-order chi connectivity index (χ1) is 6.49. The molecule has 0 aromatic rings. The molecule has 0 bridgehead atoms. The fourth-order valence-electron chi connectivity index (χ4n) is 1.23. The molecule has 0 fully saturated rings. The van der Waals surface area contributed by atoms with Crippen LogP contribution in [-0.2, 0) is 9.59 Å². The van der Waals surface area contributed by atoms with Gasteiger partial charge in [-0.3, -0.25) is 9.59 Å². The molecule has 0 aliphatic carbocycles. The lowest BCUT2D eigenvalue weighted by molar-refractivity contribution is -0.145. The van der Waals surface area contributed by atoms with Crippen LogP contribution in [0.25, 0.3) is 0 Å². The minimum atomic E-state index is -0.919. The molecule has 0 saturated heterocycles. The van der Waals surface area contributed by atoms with Crippen LogP contribution in [0.5, 0.6) is 0 Å². The van der Waals surface area contributed by atoms with Crippen LogP contribution in [0.2, 0.25) is 0 Å². The van der Waals surface area contributed by atoms with Crippen molar-refractivity contribution >= 4 is 11.8 Å². The van der Waals surface area contributed by atoms with E-state index in [4.69, 9.17) is 10.2 Å². The number of carboxylic acid groups (broad SMARTS) is 1. The molecule has 0 aromatic carbocycles. The van der Waals surface area contributed by atoms with E-state index in [-0.39, 0.29) is 31.1 Å². The van der Waals surface area contributed by atoms with E-state index in [1.807, 2.05) is 0 Å². The zero-order valence-corrected chi connectivity index (χ0v) is 8.69. The number of rotatable bonds is 7. The lowest BCUT2D eigenvalue weighted by Gasteiger charge is -2.14. The molecule has 0 aliphatic rings. The van der Waals surface area contributed by atoms with Crippen LogP contribution in [0.15, 0.2) is 0 Å². The Kier molecular flexibility index (Phi) is 6.12. The summed E-state index contributed by atoms with van der Waals surface area (Å²) in [6, 6.07) is 0. The van der Waals surface area contributed by atoms with Gasteiger partial charge in [0.15, 0.2) is 0 Å². The number of hydrogen-bond acceptors (Lipinski definition) is 3. The van der Waals surface area contributed by atoms with E-state index >= 15 is 0 Å². The lowest BCUT2D eigenvalue weighted by atomic mass is 9.90. The van der Waals surface area contributed by atoms with E-state index in [0.29, 0.717) is 6.42 Å². The van der Waals surface area contributed by atoms with Gasteiger partial charge in [0.1, 0.15) is 5.78 Å². The maximum atomic E-state index is 11.2. The molecule has 2 N–H and O–H groups in total. The zero-order chi connectivity index (χ0) is 11.1. The Morgan fingerprint density at radius 1 is 1.29 bits per heavy atom. The van der Waals surface area contributed by atoms with Crippen molar-refractivity contribution in [3.63, 3.8) is 0 Å². The highest BCUT2D eigenvalue weighted by atomic mass is 16.4. The van der Waals surface area contributed by atoms with Crippen LogP contribution in [-0.4, -0.2) is 28.6 Å². The average Bonchev–Trinajstić information content (AvgIpc) is 2.09. The number of Topliss-reactive ketones (excluding diaryl/α,β-unsaturated/α-hetero) is 1. The summed E-state index contributed by atoms with van der Waals surface area (Å²) in [7, 11) is 0. The summed E-state index contributed by atoms with van der Waals surface area (Å²) in [5.74, 6) is -1.63. The number of carbonyl (C=O) groups is 2. The molecule has 0 aromatic heterocycles. The molecule has 0 amide bonds. The van der Waals surface area contributed by atoms with E-state index in [9.17, 15) is 9.59 Å². The first kappa shape index (κ1) is 13.1. The molecular weight excluding hydrogens is 184 g/mol. The summed E-state index contributed by atoms with van der Waals surface area (Å²) in [6.07, 6.45) is 0.767. The topological polar surface area (TPSA) is 74.6 Å².